The average Bonchev–Trinajstić information content (AvgIpc) is 2.58. The molecule has 2 aliphatic carbocycles. The lowest BCUT2D eigenvalue weighted by Crippen LogP contribution is -1.96. The van der Waals surface area contributed by atoms with E-state index in [-0.39, 0.29) is 0 Å². The van der Waals surface area contributed by atoms with Gasteiger partial charge in [0.15, 0.2) is 0 Å². The van der Waals surface area contributed by atoms with E-state index in [4.69, 9.17) is 0 Å². The molecule has 0 aromatic rings. The van der Waals surface area contributed by atoms with Gasteiger partial charge >= 0.3 is 0 Å². The quantitative estimate of drug-likeness (QED) is 0.520. The first-order valence-corrected chi connectivity index (χ1v) is 3.88. The first-order chi connectivity index (χ1) is 4.36. The van der Waals surface area contributed by atoms with Gasteiger partial charge in [-0.1, -0.05) is 0 Å². The third kappa shape index (κ3) is 1.00. The van der Waals surface area contributed by atoms with Crippen molar-refractivity contribution >= 4 is 5.78 Å². The molecule has 1 nitrogen and oxygen atoms in total. The van der Waals surface area contributed by atoms with Crippen molar-refractivity contribution in [1.82, 2.24) is 0 Å². The van der Waals surface area contributed by atoms with E-state index in [0.717, 1.165) is 24.7 Å². The van der Waals surface area contributed by atoms with Crippen LogP contribution in [0, 0.1) is 11.8 Å². The molecular formula is C8H12O. The van der Waals surface area contributed by atoms with Crippen LogP contribution >= 0.6 is 0 Å². The van der Waals surface area contributed by atoms with Crippen LogP contribution in [-0.2, 0) is 4.79 Å². The van der Waals surface area contributed by atoms with Crippen LogP contribution in [0.2, 0.25) is 0 Å². The van der Waals surface area contributed by atoms with Crippen LogP contribution in [-0.4, -0.2) is 5.78 Å². The van der Waals surface area contributed by atoms with Crippen LogP contribution in [0.15, 0.2) is 0 Å². The Morgan fingerprint density at radius 3 is 2.33 bits per heavy atom. The maximum absolute atomic E-state index is 10.8. The lowest BCUT2D eigenvalue weighted by molar-refractivity contribution is -0.117. The average molecular weight is 124 g/mol. The van der Waals surface area contributed by atoms with Gasteiger partial charge in [0.25, 0.3) is 0 Å². The summed E-state index contributed by atoms with van der Waals surface area (Å²) in [6.07, 6.45) is 5.78. The molecule has 0 aliphatic heterocycles. The molecule has 0 bridgehead atoms. The minimum Gasteiger partial charge on any atom is -0.300 e. The highest BCUT2D eigenvalue weighted by Gasteiger charge is 2.35. The van der Waals surface area contributed by atoms with E-state index in [9.17, 15) is 4.79 Å². The summed E-state index contributed by atoms with van der Waals surface area (Å²) < 4.78 is 0. The van der Waals surface area contributed by atoms with Crippen molar-refractivity contribution in [3.8, 4) is 0 Å². The van der Waals surface area contributed by atoms with E-state index in [0.29, 0.717) is 5.78 Å². The van der Waals surface area contributed by atoms with Crippen LogP contribution in [0.5, 0.6) is 0 Å². The Morgan fingerprint density at radius 2 is 1.89 bits per heavy atom. The normalized spacial score (nSPS) is 35.6. The van der Waals surface area contributed by atoms with Gasteiger partial charge in [-0.25, -0.2) is 0 Å². The highest BCUT2D eigenvalue weighted by atomic mass is 16.1. The zero-order valence-corrected chi connectivity index (χ0v) is 5.60. The van der Waals surface area contributed by atoms with Crippen molar-refractivity contribution in [2.45, 2.75) is 32.1 Å². The molecular weight excluding hydrogens is 112 g/mol. The van der Waals surface area contributed by atoms with E-state index >= 15 is 0 Å². The summed E-state index contributed by atoms with van der Waals surface area (Å²) in [7, 11) is 0. The lowest BCUT2D eigenvalue weighted by Gasteiger charge is -2.01. The first-order valence-electron chi connectivity index (χ1n) is 3.88. The topological polar surface area (TPSA) is 17.1 Å². The lowest BCUT2D eigenvalue weighted by atomic mass is 10.0. The zero-order chi connectivity index (χ0) is 6.27. The zero-order valence-electron chi connectivity index (χ0n) is 5.60. The van der Waals surface area contributed by atoms with Crippen molar-refractivity contribution in [3.05, 3.63) is 0 Å². The van der Waals surface area contributed by atoms with Gasteiger partial charge in [0, 0.05) is 12.8 Å². The van der Waals surface area contributed by atoms with Crippen LogP contribution in [0.3, 0.4) is 0 Å². The summed E-state index contributed by atoms with van der Waals surface area (Å²) >= 11 is 0. The number of carbonyl (C=O) groups excluding carboxylic acids is 1. The summed E-state index contributed by atoms with van der Waals surface area (Å²) in [5.41, 5.74) is 0. The second-order valence-corrected chi connectivity index (χ2v) is 3.38. The summed E-state index contributed by atoms with van der Waals surface area (Å²) in [5, 5.41) is 0. The standard InChI is InChI=1S/C8H12O/c9-8-4-3-7(5-8)6-1-2-6/h6-7H,1-5H2/t7-/m0/s1. The molecule has 1 heteroatoms. The Kier molecular flexibility index (Phi) is 1.11. The highest BCUT2D eigenvalue weighted by Crippen LogP contribution is 2.43. The van der Waals surface area contributed by atoms with Crippen molar-refractivity contribution < 1.29 is 4.79 Å². The van der Waals surface area contributed by atoms with Gasteiger partial charge in [0.1, 0.15) is 5.78 Å². The predicted molar refractivity (Wildman–Crippen MR) is 35.1 cm³/mol. The summed E-state index contributed by atoms with van der Waals surface area (Å²) in [4.78, 5) is 10.8. The van der Waals surface area contributed by atoms with Crippen molar-refractivity contribution in [2.24, 2.45) is 11.8 Å². The molecule has 1 atom stereocenters. The molecule has 50 valence electrons. The maximum Gasteiger partial charge on any atom is 0.133 e. The number of carbonyl (C=O) groups is 1. The molecule has 0 aromatic heterocycles. The summed E-state index contributed by atoms with van der Waals surface area (Å²) in [5.74, 6) is 2.26. The molecule has 2 rings (SSSR count). The first kappa shape index (κ1) is 5.45. The number of Topliss-reactive ketones (excluding diaryl/α,β-unsaturated/α-hetero) is 1. The van der Waals surface area contributed by atoms with Crippen molar-refractivity contribution in [1.29, 1.82) is 0 Å². The molecule has 0 aromatic carbocycles. The Labute approximate surface area is 55.4 Å². The molecule has 0 spiro atoms. The second-order valence-electron chi connectivity index (χ2n) is 3.38. The Bertz CT molecular complexity index is 136. The molecule has 0 amide bonds. The molecule has 9 heavy (non-hydrogen) atoms. The Hall–Kier alpha value is -0.330. The summed E-state index contributed by atoms with van der Waals surface area (Å²) in [6.45, 7) is 0. The predicted octanol–water partition coefficient (Wildman–Crippen LogP) is 1.77. The maximum atomic E-state index is 10.8. The smallest absolute Gasteiger partial charge is 0.133 e. The van der Waals surface area contributed by atoms with E-state index in [1.54, 1.807) is 0 Å². The molecule has 2 saturated carbocycles. The number of hydrogen-bond acceptors (Lipinski definition) is 1. The molecule has 0 radical (unpaired) electrons. The summed E-state index contributed by atoms with van der Waals surface area (Å²) in [6, 6.07) is 0. The van der Waals surface area contributed by atoms with Crippen molar-refractivity contribution in [3.63, 3.8) is 0 Å². The fourth-order valence-corrected chi connectivity index (χ4v) is 1.81. The van der Waals surface area contributed by atoms with Crippen molar-refractivity contribution in [2.75, 3.05) is 0 Å². The van der Waals surface area contributed by atoms with Crippen LogP contribution in [0.1, 0.15) is 32.1 Å². The number of ketones is 1. The van der Waals surface area contributed by atoms with Gasteiger partial charge in [0.05, 0.1) is 0 Å². The monoisotopic (exact) mass is 124 g/mol. The van der Waals surface area contributed by atoms with Gasteiger partial charge < -0.3 is 0 Å². The minimum atomic E-state index is 0.506. The van der Waals surface area contributed by atoms with Crippen LogP contribution in [0.4, 0.5) is 0 Å². The molecule has 2 aliphatic rings. The van der Waals surface area contributed by atoms with E-state index < -0.39 is 0 Å². The van der Waals surface area contributed by atoms with E-state index in [1.165, 1.54) is 19.3 Å². The third-order valence-corrected chi connectivity index (χ3v) is 2.57. The fraction of sp³-hybridized carbons (Fsp3) is 0.875. The minimum absolute atomic E-state index is 0.506. The fourth-order valence-electron chi connectivity index (χ4n) is 1.81. The molecule has 2 fully saturated rings. The van der Waals surface area contributed by atoms with Crippen LogP contribution in [0.25, 0.3) is 0 Å². The number of rotatable bonds is 1. The highest BCUT2D eigenvalue weighted by molar-refractivity contribution is 5.80. The SMILES string of the molecule is O=C1CC[C@H](C2CC2)C1. The number of hydrogen-bond donors (Lipinski definition) is 0. The van der Waals surface area contributed by atoms with Gasteiger partial charge in [-0.05, 0) is 31.1 Å². The van der Waals surface area contributed by atoms with Crippen LogP contribution < -0.4 is 0 Å². The Morgan fingerprint density at radius 1 is 1.11 bits per heavy atom. The Balaban J connectivity index is 1.92. The molecule has 0 N–H and O–H groups in total. The second kappa shape index (κ2) is 1.83. The molecule has 0 unspecified atom stereocenters. The molecule has 0 saturated heterocycles. The van der Waals surface area contributed by atoms with Gasteiger partial charge in [0.2, 0.25) is 0 Å². The molecule has 0 heterocycles. The van der Waals surface area contributed by atoms with Gasteiger partial charge in [-0.3, -0.25) is 4.79 Å². The van der Waals surface area contributed by atoms with Gasteiger partial charge in [-0.15, -0.1) is 0 Å². The van der Waals surface area contributed by atoms with E-state index in [1.807, 2.05) is 0 Å². The largest absolute Gasteiger partial charge is 0.300 e. The van der Waals surface area contributed by atoms with Gasteiger partial charge in [-0.2, -0.15) is 0 Å². The third-order valence-electron chi connectivity index (χ3n) is 2.57. The van der Waals surface area contributed by atoms with E-state index in [2.05, 4.69) is 0 Å².